The molecule has 0 saturated carbocycles. The van der Waals surface area contributed by atoms with E-state index in [4.69, 9.17) is 9.72 Å². The van der Waals surface area contributed by atoms with Gasteiger partial charge >= 0.3 is 0 Å². The number of fused-ring (bicyclic) bond motifs is 3. The third-order valence-electron chi connectivity index (χ3n) is 5.81. The number of hydrogen-bond acceptors (Lipinski definition) is 4. The lowest BCUT2D eigenvalue weighted by Crippen LogP contribution is -2.32. The van der Waals surface area contributed by atoms with Crippen molar-refractivity contribution in [3.05, 3.63) is 64.2 Å². The van der Waals surface area contributed by atoms with Gasteiger partial charge in [-0.3, -0.25) is 14.2 Å². The minimum atomic E-state index is -0.601. The summed E-state index contributed by atoms with van der Waals surface area (Å²) in [5.74, 6) is 1.23. The van der Waals surface area contributed by atoms with Gasteiger partial charge in [0.25, 0.3) is 11.5 Å². The third kappa shape index (κ3) is 3.39. The second-order valence-electron chi connectivity index (χ2n) is 7.77. The average Bonchev–Trinajstić information content (AvgIpc) is 3.06. The largest absolute Gasteiger partial charge is 0.481 e. The van der Waals surface area contributed by atoms with Crippen molar-refractivity contribution in [1.82, 2.24) is 9.55 Å². The number of nitrogens with one attached hydrogen (secondary N) is 1. The molecule has 29 heavy (non-hydrogen) atoms. The van der Waals surface area contributed by atoms with Crippen LogP contribution in [0.25, 0.3) is 10.9 Å². The number of aromatic nitrogens is 2. The number of benzene rings is 2. The van der Waals surface area contributed by atoms with Crippen LogP contribution in [-0.2, 0) is 24.2 Å². The molecule has 0 radical (unpaired) electrons. The number of anilines is 1. The van der Waals surface area contributed by atoms with E-state index in [1.54, 1.807) is 16.7 Å². The zero-order valence-electron chi connectivity index (χ0n) is 16.2. The fraction of sp³-hybridized carbons (Fsp3) is 0.348. The monoisotopic (exact) mass is 389 g/mol. The Morgan fingerprint density at radius 2 is 1.93 bits per heavy atom. The molecule has 0 bridgehead atoms. The summed E-state index contributed by atoms with van der Waals surface area (Å²) in [6.45, 7) is 0.714. The van der Waals surface area contributed by atoms with Crippen molar-refractivity contribution in [2.45, 2.75) is 51.2 Å². The van der Waals surface area contributed by atoms with Crippen LogP contribution in [0.2, 0.25) is 0 Å². The van der Waals surface area contributed by atoms with E-state index < -0.39 is 6.10 Å². The van der Waals surface area contributed by atoms with Crippen LogP contribution in [0.4, 0.5) is 5.69 Å². The highest BCUT2D eigenvalue weighted by molar-refractivity contribution is 5.96. The third-order valence-corrected chi connectivity index (χ3v) is 5.81. The molecule has 1 N–H and O–H groups in total. The van der Waals surface area contributed by atoms with E-state index in [0.717, 1.165) is 49.2 Å². The maximum atomic E-state index is 13.0. The normalized spacial score (nSPS) is 18.9. The van der Waals surface area contributed by atoms with Crippen molar-refractivity contribution >= 4 is 22.5 Å². The Balaban J connectivity index is 1.44. The molecule has 6 heteroatoms. The van der Waals surface area contributed by atoms with E-state index in [-0.39, 0.29) is 11.5 Å². The van der Waals surface area contributed by atoms with Gasteiger partial charge in [0.05, 0.1) is 10.9 Å². The lowest BCUT2D eigenvalue weighted by Gasteiger charge is -2.17. The fourth-order valence-corrected chi connectivity index (χ4v) is 4.24. The quantitative estimate of drug-likeness (QED) is 0.729. The van der Waals surface area contributed by atoms with E-state index in [1.807, 2.05) is 30.3 Å². The summed E-state index contributed by atoms with van der Waals surface area (Å²) >= 11 is 0. The van der Waals surface area contributed by atoms with E-state index >= 15 is 0 Å². The molecular weight excluding hydrogens is 366 g/mol. The smallest absolute Gasteiger partial charge is 0.265 e. The topological polar surface area (TPSA) is 73.2 Å². The predicted molar refractivity (Wildman–Crippen MR) is 111 cm³/mol. The van der Waals surface area contributed by atoms with Crippen molar-refractivity contribution in [1.29, 1.82) is 0 Å². The van der Waals surface area contributed by atoms with Crippen LogP contribution in [0.5, 0.6) is 5.75 Å². The van der Waals surface area contributed by atoms with Gasteiger partial charge in [0.15, 0.2) is 6.10 Å². The summed E-state index contributed by atoms with van der Waals surface area (Å²) in [5, 5.41) is 3.49. The summed E-state index contributed by atoms with van der Waals surface area (Å²) in [7, 11) is 0. The maximum Gasteiger partial charge on any atom is 0.265 e. The predicted octanol–water partition coefficient (Wildman–Crippen LogP) is 3.46. The molecule has 1 atom stereocenters. The zero-order valence-corrected chi connectivity index (χ0v) is 16.2. The summed E-state index contributed by atoms with van der Waals surface area (Å²) in [6, 6.07) is 13.2. The first-order chi connectivity index (χ1) is 14.2. The number of hydrogen-bond donors (Lipinski definition) is 1. The standard InChI is InChI=1S/C23H23N3O3/c27-22-20(12-9-15-6-3-4-7-18(15)25-22)29-16-10-11-19-17(14-16)23(28)26-13-5-1-2-8-21(26)24-19/h3-4,6-7,10-11,14,20H,1-2,5,8-9,12-13H2,(H,25,27)/t20-/m1/s1. The van der Waals surface area contributed by atoms with Crippen LogP contribution >= 0.6 is 0 Å². The number of nitrogens with zero attached hydrogens (tertiary/aromatic N) is 2. The summed E-state index contributed by atoms with van der Waals surface area (Å²) in [4.78, 5) is 30.4. The van der Waals surface area contributed by atoms with Gasteiger partial charge in [0, 0.05) is 18.7 Å². The number of amides is 1. The zero-order chi connectivity index (χ0) is 19.8. The van der Waals surface area contributed by atoms with Gasteiger partial charge in [-0.05, 0) is 55.5 Å². The number of aryl methyl sites for hydroxylation is 2. The molecule has 148 valence electrons. The Labute approximate surface area is 168 Å². The molecule has 1 aromatic heterocycles. The van der Waals surface area contributed by atoms with Gasteiger partial charge in [0.1, 0.15) is 11.6 Å². The minimum absolute atomic E-state index is 0.0185. The van der Waals surface area contributed by atoms with Crippen LogP contribution in [0.15, 0.2) is 47.3 Å². The van der Waals surface area contributed by atoms with E-state index in [1.165, 1.54) is 0 Å². The number of ether oxygens (including phenoxy) is 1. The summed E-state index contributed by atoms with van der Waals surface area (Å²) < 4.78 is 7.82. The second kappa shape index (κ2) is 7.35. The number of para-hydroxylation sites is 1. The molecule has 2 aromatic carbocycles. The first kappa shape index (κ1) is 17.9. The molecule has 2 aliphatic heterocycles. The lowest BCUT2D eigenvalue weighted by atomic mass is 10.1. The van der Waals surface area contributed by atoms with E-state index in [2.05, 4.69) is 5.32 Å². The minimum Gasteiger partial charge on any atom is -0.481 e. The molecule has 1 amide bonds. The molecule has 3 aromatic rings. The van der Waals surface area contributed by atoms with Crippen molar-refractivity contribution in [2.75, 3.05) is 5.32 Å². The highest BCUT2D eigenvalue weighted by Crippen LogP contribution is 2.25. The molecule has 2 aliphatic rings. The Morgan fingerprint density at radius 1 is 1.03 bits per heavy atom. The summed E-state index contributed by atoms with van der Waals surface area (Å²) in [6.07, 6.45) is 4.76. The number of carbonyl (C=O) groups excluding carboxylic acids is 1. The average molecular weight is 389 g/mol. The second-order valence-corrected chi connectivity index (χ2v) is 7.77. The molecular formula is C23H23N3O3. The van der Waals surface area contributed by atoms with Gasteiger partial charge < -0.3 is 10.1 Å². The Kier molecular flexibility index (Phi) is 4.54. The van der Waals surface area contributed by atoms with Gasteiger partial charge in [-0.15, -0.1) is 0 Å². The highest BCUT2D eigenvalue weighted by Gasteiger charge is 2.25. The Morgan fingerprint density at radius 3 is 2.86 bits per heavy atom. The van der Waals surface area contributed by atoms with Crippen LogP contribution < -0.4 is 15.6 Å². The SMILES string of the molecule is O=C1Nc2ccccc2CC[C@H]1Oc1ccc2nc3n(c(=O)c2c1)CCCCC3. The van der Waals surface area contributed by atoms with Crippen molar-refractivity contribution in [3.63, 3.8) is 0 Å². The van der Waals surface area contributed by atoms with Crippen molar-refractivity contribution in [2.24, 2.45) is 0 Å². The first-order valence-corrected chi connectivity index (χ1v) is 10.3. The Hall–Kier alpha value is -3.15. The van der Waals surface area contributed by atoms with E-state index in [0.29, 0.717) is 29.6 Å². The van der Waals surface area contributed by atoms with Gasteiger partial charge in [-0.2, -0.15) is 0 Å². The molecule has 0 aliphatic carbocycles. The molecule has 6 nitrogen and oxygen atoms in total. The molecule has 0 fully saturated rings. The van der Waals surface area contributed by atoms with Crippen molar-refractivity contribution in [3.8, 4) is 5.75 Å². The maximum absolute atomic E-state index is 13.0. The molecule has 0 saturated heterocycles. The summed E-state index contributed by atoms with van der Waals surface area (Å²) in [5.41, 5.74) is 2.62. The van der Waals surface area contributed by atoms with Crippen LogP contribution in [0, 0.1) is 0 Å². The van der Waals surface area contributed by atoms with Crippen LogP contribution in [0.1, 0.15) is 37.1 Å². The molecule has 0 unspecified atom stereocenters. The van der Waals surface area contributed by atoms with E-state index in [9.17, 15) is 9.59 Å². The van der Waals surface area contributed by atoms with Gasteiger partial charge in [-0.1, -0.05) is 24.6 Å². The Bertz CT molecular complexity index is 1150. The van der Waals surface area contributed by atoms with Gasteiger partial charge in [0.2, 0.25) is 0 Å². The fourth-order valence-electron chi connectivity index (χ4n) is 4.24. The van der Waals surface area contributed by atoms with Crippen LogP contribution in [-0.4, -0.2) is 21.6 Å². The van der Waals surface area contributed by atoms with Crippen molar-refractivity contribution < 1.29 is 9.53 Å². The molecule has 3 heterocycles. The lowest BCUT2D eigenvalue weighted by molar-refractivity contribution is -0.122. The highest BCUT2D eigenvalue weighted by atomic mass is 16.5. The van der Waals surface area contributed by atoms with Crippen LogP contribution in [0.3, 0.4) is 0 Å². The number of carbonyl (C=O) groups is 1. The molecule has 5 rings (SSSR count). The van der Waals surface area contributed by atoms with Gasteiger partial charge in [-0.25, -0.2) is 4.98 Å². The number of rotatable bonds is 2. The first-order valence-electron chi connectivity index (χ1n) is 10.3. The molecule has 0 spiro atoms.